The van der Waals surface area contributed by atoms with E-state index in [4.69, 9.17) is 20.4 Å². The van der Waals surface area contributed by atoms with Crippen molar-refractivity contribution in [3.8, 4) is 27.4 Å². The van der Waals surface area contributed by atoms with Crippen molar-refractivity contribution in [2.45, 2.75) is 122 Å². The lowest BCUT2D eigenvalue weighted by molar-refractivity contribution is -0.144. The molecule has 358 valence electrons. The number of nitrogens with two attached hydrogens (primary N) is 1. The number of nitrogen functional groups attached to an aromatic ring is 1. The molecular formula is C51H63N11O5S. The second kappa shape index (κ2) is 19.8. The van der Waals surface area contributed by atoms with Crippen LogP contribution in [0, 0.1) is 18.3 Å². The van der Waals surface area contributed by atoms with Crippen LogP contribution in [-0.2, 0) is 20.9 Å². The number of aliphatic hydroxyl groups is 1. The van der Waals surface area contributed by atoms with Gasteiger partial charge in [-0.2, -0.15) is 0 Å². The molecule has 1 aliphatic carbocycles. The Labute approximate surface area is 402 Å². The van der Waals surface area contributed by atoms with Gasteiger partial charge in [-0.25, -0.2) is 15.0 Å². The predicted molar refractivity (Wildman–Crippen MR) is 263 cm³/mol. The molecule has 0 spiro atoms. The molecule has 3 unspecified atom stereocenters. The Morgan fingerprint density at radius 2 is 1.63 bits per heavy atom. The number of fused-ring (bicyclic) bond motifs is 2. The van der Waals surface area contributed by atoms with E-state index in [1.165, 1.54) is 4.90 Å². The summed E-state index contributed by atoms with van der Waals surface area (Å²) in [6.07, 6.45) is 9.25. The van der Waals surface area contributed by atoms with Crippen LogP contribution in [0.5, 0.6) is 5.75 Å². The number of benzene rings is 2. The molecule has 1 saturated carbocycles. The average Bonchev–Trinajstić information content (AvgIpc) is 4.03. The monoisotopic (exact) mass is 941 g/mol. The van der Waals surface area contributed by atoms with Gasteiger partial charge in [0.1, 0.15) is 17.8 Å². The number of rotatable bonds is 13. The van der Waals surface area contributed by atoms with Crippen molar-refractivity contribution in [1.29, 1.82) is 0 Å². The highest BCUT2D eigenvalue weighted by molar-refractivity contribution is 7.13. The lowest BCUT2D eigenvalue weighted by Gasteiger charge is -2.42. The van der Waals surface area contributed by atoms with Gasteiger partial charge in [-0.3, -0.25) is 14.4 Å². The van der Waals surface area contributed by atoms with Crippen molar-refractivity contribution in [3.05, 3.63) is 89.3 Å². The summed E-state index contributed by atoms with van der Waals surface area (Å²) >= 11 is 1.59. The molecule has 6 heterocycles. The molecule has 2 bridgehead atoms. The Morgan fingerprint density at radius 1 is 0.926 bits per heavy atom. The number of nitrogens with one attached hydrogen (secondary N) is 2. The summed E-state index contributed by atoms with van der Waals surface area (Å²) in [5.74, 6) is 1.51. The van der Waals surface area contributed by atoms with Crippen molar-refractivity contribution in [3.63, 3.8) is 0 Å². The third kappa shape index (κ3) is 10.00. The van der Waals surface area contributed by atoms with E-state index < -0.39 is 23.6 Å². The first-order valence-electron chi connectivity index (χ1n) is 23.9. The molecule has 17 heteroatoms. The van der Waals surface area contributed by atoms with Crippen LogP contribution in [0.4, 0.5) is 17.5 Å². The van der Waals surface area contributed by atoms with Gasteiger partial charge in [-0.15, -0.1) is 21.5 Å². The second-order valence-electron chi connectivity index (χ2n) is 20.1. The van der Waals surface area contributed by atoms with Crippen molar-refractivity contribution in [2.24, 2.45) is 11.3 Å². The number of amides is 3. The third-order valence-electron chi connectivity index (χ3n) is 14.4. The summed E-state index contributed by atoms with van der Waals surface area (Å²) in [5, 5.41) is 25.5. The number of carbonyl (C=O) groups is 3. The maximum Gasteiger partial charge on any atom is 0.246 e. The summed E-state index contributed by atoms with van der Waals surface area (Å²) < 4.78 is 5.59. The molecule has 5 N–H and O–H groups in total. The lowest BCUT2D eigenvalue weighted by Crippen LogP contribution is -2.57. The number of methoxy groups -OCH3 is 1. The molecule has 3 aromatic heterocycles. The number of nitrogens with zero attached hydrogens (tertiary/aromatic N) is 8. The standard InChI is InChI=1S/C51H63N11O5S/c1-30-45(68-29-56-30)34-16-12-32(13-17-34)23-53-48(65)42-21-38(63)28-61(42)49(66)46(51(2,3)4)57-44(64)20-31-10-14-33(15-11-31)35-24-54-50(55-25-35)62-36-18-19-37(62)27-60(26-36)41-22-40(58-59-47(41)52)39-8-6-7-9-43(39)67-5/h6-9,12-13,16-17,22,24-25,29,31,33,36-38,42,46,63H,10-11,14-15,18-21,23,26-28H2,1-5H3,(H2,52,59)(H,53,65)(H,57,64)/t31?,33?,36?,37?,38-,42+,46?/m1/s1. The van der Waals surface area contributed by atoms with E-state index >= 15 is 0 Å². The van der Waals surface area contributed by atoms with Crippen LogP contribution in [0.25, 0.3) is 21.7 Å². The fraction of sp³-hybridized carbons (Fsp3) is 0.490. The summed E-state index contributed by atoms with van der Waals surface area (Å²) in [6, 6.07) is 16.5. The minimum atomic E-state index is -0.869. The van der Waals surface area contributed by atoms with E-state index in [2.05, 4.69) is 35.6 Å². The number of hydrogen-bond acceptors (Lipinski definition) is 14. The van der Waals surface area contributed by atoms with Crippen LogP contribution in [-0.4, -0.2) is 110 Å². The number of likely N-dealkylation sites (tertiary alicyclic amines) is 1. The van der Waals surface area contributed by atoms with Crippen LogP contribution in [0.1, 0.15) is 94.9 Å². The first kappa shape index (κ1) is 46.9. The Bertz CT molecular complexity index is 2580. The van der Waals surface area contributed by atoms with Gasteiger partial charge in [0.25, 0.3) is 0 Å². The Balaban J connectivity index is 0.761. The average molecular weight is 942 g/mol. The molecule has 5 atom stereocenters. The van der Waals surface area contributed by atoms with Gasteiger partial charge < -0.3 is 40.9 Å². The number of carbonyl (C=O) groups excluding carboxylic acids is 3. The second-order valence-corrected chi connectivity index (χ2v) is 20.9. The van der Waals surface area contributed by atoms with E-state index in [1.54, 1.807) is 18.4 Å². The number of piperazine rings is 1. The Kier molecular flexibility index (Phi) is 13.7. The van der Waals surface area contributed by atoms with Gasteiger partial charge in [-0.1, -0.05) is 57.2 Å². The maximum absolute atomic E-state index is 14.2. The van der Waals surface area contributed by atoms with Crippen molar-refractivity contribution in [2.75, 3.05) is 42.3 Å². The molecule has 3 saturated heterocycles. The van der Waals surface area contributed by atoms with Crippen molar-refractivity contribution >= 4 is 46.5 Å². The molecule has 3 amide bonds. The number of aryl methyl sites for hydroxylation is 1. The zero-order valence-corrected chi connectivity index (χ0v) is 40.4. The van der Waals surface area contributed by atoms with Gasteiger partial charge >= 0.3 is 0 Å². The molecule has 2 aromatic carbocycles. The van der Waals surface area contributed by atoms with Crippen LogP contribution in [0.2, 0.25) is 0 Å². The van der Waals surface area contributed by atoms with Gasteiger partial charge in [0, 0.05) is 69.1 Å². The number of aliphatic hydroxyl groups excluding tert-OH is 1. The number of aromatic nitrogens is 5. The molecule has 5 aromatic rings. The molecular weight excluding hydrogens is 879 g/mol. The number of thiazole rings is 1. The highest BCUT2D eigenvalue weighted by Gasteiger charge is 2.45. The van der Waals surface area contributed by atoms with Gasteiger partial charge in [0.2, 0.25) is 23.7 Å². The van der Waals surface area contributed by atoms with E-state index in [9.17, 15) is 19.5 Å². The Morgan fingerprint density at radius 3 is 2.29 bits per heavy atom. The fourth-order valence-corrected chi connectivity index (χ4v) is 11.5. The topological polar surface area (TPSA) is 205 Å². The minimum absolute atomic E-state index is 0.0292. The lowest BCUT2D eigenvalue weighted by atomic mass is 9.78. The largest absolute Gasteiger partial charge is 0.496 e. The number of anilines is 3. The van der Waals surface area contributed by atoms with Gasteiger partial charge in [-0.05, 0) is 97.6 Å². The minimum Gasteiger partial charge on any atom is -0.496 e. The first-order chi connectivity index (χ1) is 32.7. The quantitative estimate of drug-likeness (QED) is 0.103. The Hall–Kier alpha value is -6.20. The number of hydrogen-bond donors (Lipinski definition) is 4. The number of β-amino-alcohol motifs (C(OH)–C–C–N with tert-alkyl or cyclic N) is 1. The van der Waals surface area contributed by atoms with Crippen LogP contribution in [0.3, 0.4) is 0 Å². The number of ether oxygens (including phenoxy) is 1. The smallest absolute Gasteiger partial charge is 0.246 e. The predicted octanol–water partition coefficient (Wildman–Crippen LogP) is 6.29. The molecule has 4 aliphatic rings. The van der Waals surface area contributed by atoms with Gasteiger partial charge in [0.05, 0.1) is 40.7 Å². The van der Waals surface area contributed by atoms with E-state index in [0.29, 0.717) is 23.9 Å². The zero-order chi connectivity index (χ0) is 47.7. The molecule has 9 rings (SSSR count). The highest BCUT2D eigenvalue weighted by atomic mass is 32.1. The molecule has 4 fully saturated rings. The molecule has 68 heavy (non-hydrogen) atoms. The normalized spacial score (nSPS) is 23.1. The fourth-order valence-electron chi connectivity index (χ4n) is 10.7. The van der Waals surface area contributed by atoms with E-state index in [0.717, 1.165) is 102 Å². The highest BCUT2D eigenvalue weighted by Crippen LogP contribution is 2.40. The SMILES string of the molecule is COc1ccccc1-c1cc(N2CC3CCC(C2)N3c2ncc(C3CCC(CC(=O)NC(C(=O)N4C[C@H](O)C[C@H]4C(=O)NCc4ccc(-c5scnc5C)cc4)C(C)(C)C)CC3)cn2)c(N)nn1. The first-order valence-corrected chi connectivity index (χ1v) is 24.8. The summed E-state index contributed by atoms with van der Waals surface area (Å²) in [7, 11) is 1.65. The molecule has 16 nitrogen and oxygen atoms in total. The maximum atomic E-state index is 14.2. The van der Waals surface area contributed by atoms with Crippen LogP contribution < -0.4 is 30.9 Å². The van der Waals surface area contributed by atoms with Gasteiger partial charge in [0.15, 0.2) is 5.82 Å². The van der Waals surface area contributed by atoms with E-state index in [1.807, 2.05) is 100 Å². The summed E-state index contributed by atoms with van der Waals surface area (Å²) in [5.41, 5.74) is 14.2. The van der Waals surface area contributed by atoms with E-state index in [-0.39, 0.29) is 55.2 Å². The number of para-hydroxylation sites is 1. The van der Waals surface area contributed by atoms with Crippen LogP contribution >= 0.6 is 11.3 Å². The van der Waals surface area contributed by atoms with Crippen molar-refractivity contribution in [1.82, 2.24) is 40.7 Å². The van der Waals surface area contributed by atoms with Crippen molar-refractivity contribution < 1.29 is 24.2 Å². The summed E-state index contributed by atoms with van der Waals surface area (Å²) in [6.45, 7) is 9.57. The molecule has 3 aliphatic heterocycles. The zero-order valence-electron chi connectivity index (χ0n) is 39.6. The molecule has 0 radical (unpaired) electrons. The third-order valence-corrected chi connectivity index (χ3v) is 15.4. The summed E-state index contributed by atoms with van der Waals surface area (Å²) in [4.78, 5) is 63.0. The van der Waals surface area contributed by atoms with Crippen LogP contribution in [0.15, 0.2) is 72.5 Å².